The molecule has 2 rings (SSSR count). The molecule has 0 fully saturated rings. The van der Waals surface area contributed by atoms with Crippen molar-refractivity contribution in [1.82, 2.24) is 9.97 Å². The first-order valence-electron chi connectivity index (χ1n) is 5.74. The summed E-state index contributed by atoms with van der Waals surface area (Å²) in [6, 6.07) is 9.96. The van der Waals surface area contributed by atoms with Crippen LogP contribution in [0.15, 0.2) is 34.8 Å². The Kier molecular flexibility index (Phi) is 3.69. The molecule has 18 heavy (non-hydrogen) atoms. The maximum absolute atomic E-state index is 5.24. The first-order valence-corrected chi connectivity index (χ1v) is 6.94. The summed E-state index contributed by atoms with van der Waals surface area (Å²) in [6.07, 6.45) is 0. The molecule has 1 aromatic heterocycles. The van der Waals surface area contributed by atoms with Crippen molar-refractivity contribution in [2.75, 3.05) is 0 Å². The molecule has 94 valence electrons. The SMILES string of the molecule is CC(C)(C)c1cc(=S)nc(-c2ccc(Br)cc2)[nH]1. The maximum Gasteiger partial charge on any atom is 0.139 e. The van der Waals surface area contributed by atoms with Crippen LogP contribution >= 0.6 is 28.1 Å². The van der Waals surface area contributed by atoms with E-state index in [-0.39, 0.29) is 5.41 Å². The lowest BCUT2D eigenvalue weighted by Crippen LogP contribution is -2.14. The van der Waals surface area contributed by atoms with Gasteiger partial charge >= 0.3 is 0 Å². The molecule has 0 saturated heterocycles. The van der Waals surface area contributed by atoms with Gasteiger partial charge < -0.3 is 4.98 Å². The van der Waals surface area contributed by atoms with E-state index in [1.54, 1.807) is 0 Å². The zero-order valence-corrected chi connectivity index (χ0v) is 13.0. The molecule has 2 nitrogen and oxygen atoms in total. The summed E-state index contributed by atoms with van der Waals surface area (Å²) in [6.45, 7) is 6.46. The van der Waals surface area contributed by atoms with Crippen molar-refractivity contribution in [2.45, 2.75) is 26.2 Å². The summed E-state index contributed by atoms with van der Waals surface area (Å²) in [5, 5.41) is 0. The number of aromatic amines is 1. The molecule has 2 aromatic rings. The number of aromatic nitrogens is 2. The van der Waals surface area contributed by atoms with Gasteiger partial charge in [0.15, 0.2) is 0 Å². The second-order valence-electron chi connectivity index (χ2n) is 5.24. The Morgan fingerprint density at radius 2 is 1.78 bits per heavy atom. The van der Waals surface area contributed by atoms with Gasteiger partial charge in [-0.2, -0.15) is 0 Å². The van der Waals surface area contributed by atoms with Crippen LogP contribution in [0.4, 0.5) is 0 Å². The molecular weight excluding hydrogens is 308 g/mol. The van der Waals surface area contributed by atoms with E-state index in [4.69, 9.17) is 12.2 Å². The summed E-state index contributed by atoms with van der Waals surface area (Å²) in [5.41, 5.74) is 2.16. The molecule has 0 aliphatic heterocycles. The van der Waals surface area contributed by atoms with Crippen LogP contribution in [0.1, 0.15) is 26.5 Å². The average Bonchev–Trinajstić information content (AvgIpc) is 2.28. The number of benzene rings is 1. The van der Waals surface area contributed by atoms with Crippen molar-refractivity contribution in [3.05, 3.63) is 45.1 Å². The molecule has 1 heterocycles. The van der Waals surface area contributed by atoms with Gasteiger partial charge in [-0.25, -0.2) is 4.98 Å². The van der Waals surface area contributed by atoms with Crippen LogP contribution in [0.2, 0.25) is 0 Å². The van der Waals surface area contributed by atoms with Crippen LogP contribution in [0.5, 0.6) is 0 Å². The van der Waals surface area contributed by atoms with Crippen molar-refractivity contribution in [3.8, 4) is 11.4 Å². The van der Waals surface area contributed by atoms with Crippen LogP contribution in [0, 0.1) is 4.64 Å². The summed E-state index contributed by atoms with van der Waals surface area (Å²) < 4.78 is 1.67. The zero-order valence-electron chi connectivity index (χ0n) is 10.6. The van der Waals surface area contributed by atoms with Gasteiger partial charge in [-0.3, -0.25) is 0 Å². The Morgan fingerprint density at radius 3 is 2.33 bits per heavy atom. The molecule has 4 heteroatoms. The van der Waals surface area contributed by atoms with E-state index in [0.717, 1.165) is 21.6 Å². The first kappa shape index (κ1) is 13.4. The second kappa shape index (κ2) is 4.94. The fraction of sp³-hybridized carbons (Fsp3) is 0.286. The van der Waals surface area contributed by atoms with Crippen LogP contribution in [-0.4, -0.2) is 9.97 Å². The van der Waals surface area contributed by atoms with E-state index in [9.17, 15) is 0 Å². The fourth-order valence-electron chi connectivity index (χ4n) is 1.61. The predicted octanol–water partition coefficient (Wildman–Crippen LogP) is 4.87. The standard InChI is InChI=1S/C14H15BrN2S/c1-14(2,3)11-8-12(18)17-13(16-11)9-4-6-10(15)7-5-9/h4-8H,1-3H3,(H,16,17,18). The molecule has 0 saturated carbocycles. The highest BCUT2D eigenvalue weighted by Gasteiger charge is 2.15. The van der Waals surface area contributed by atoms with E-state index in [0.29, 0.717) is 4.64 Å². The smallest absolute Gasteiger partial charge is 0.139 e. The molecule has 0 bridgehead atoms. The van der Waals surface area contributed by atoms with Crippen LogP contribution < -0.4 is 0 Å². The van der Waals surface area contributed by atoms with Crippen molar-refractivity contribution < 1.29 is 0 Å². The summed E-state index contributed by atoms with van der Waals surface area (Å²) in [5.74, 6) is 0.819. The molecular formula is C14H15BrN2S. The number of nitrogens with one attached hydrogen (secondary N) is 1. The van der Waals surface area contributed by atoms with Crippen molar-refractivity contribution in [1.29, 1.82) is 0 Å². The van der Waals surface area contributed by atoms with Crippen molar-refractivity contribution in [2.24, 2.45) is 0 Å². The molecule has 1 N–H and O–H groups in total. The molecule has 1 aromatic carbocycles. The van der Waals surface area contributed by atoms with E-state index >= 15 is 0 Å². The van der Waals surface area contributed by atoms with E-state index in [1.165, 1.54) is 0 Å². The van der Waals surface area contributed by atoms with Crippen molar-refractivity contribution >= 4 is 28.1 Å². The molecule has 0 aliphatic rings. The highest BCUT2D eigenvalue weighted by atomic mass is 79.9. The molecule has 0 aliphatic carbocycles. The topological polar surface area (TPSA) is 28.7 Å². The Bertz CT molecular complexity index is 609. The lowest BCUT2D eigenvalue weighted by atomic mass is 9.92. The van der Waals surface area contributed by atoms with Crippen LogP contribution in [0.25, 0.3) is 11.4 Å². The number of halogens is 1. The lowest BCUT2D eigenvalue weighted by Gasteiger charge is -2.19. The molecule has 0 atom stereocenters. The third-order valence-electron chi connectivity index (χ3n) is 2.67. The van der Waals surface area contributed by atoms with E-state index in [1.807, 2.05) is 30.3 Å². The van der Waals surface area contributed by atoms with E-state index in [2.05, 4.69) is 46.7 Å². The zero-order chi connectivity index (χ0) is 13.3. The maximum atomic E-state index is 5.24. The van der Waals surface area contributed by atoms with Gasteiger partial charge in [0, 0.05) is 21.1 Å². The van der Waals surface area contributed by atoms with Gasteiger partial charge in [0.05, 0.1) is 0 Å². The summed E-state index contributed by atoms with van der Waals surface area (Å²) in [4.78, 5) is 7.76. The molecule has 0 spiro atoms. The van der Waals surface area contributed by atoms with Gasteiger partial charge in [0.25, 0.3) is 0 Å². The van der Waals surface area contributed by atoms with Gasteiger partial charge in [0.1, 0.15) is 10.5 Å². The largest absolute Gasteiger partial charge is 0.343 e. The number of rotatable bonds is 1. The quantitative estimate of drug-likeness (QED) is 0.759. The number of nitrogens with zero attached hydrogens (tertiary/aromatic N) is 1. The van der Waals surface area contributed by atoms with Crippen LogP contribution in [0.3, 0.4) is 0 Å². The predicted molar refractivity (Wildman–Crippen MR) is 81.3 cm³/mol. The van der Waals surface area contributed by atoms with Crippen molar-refractivity contribution in [3.63, 3.8) is 0 Å². The molecule has 0 amide bonds. The first-order chi connectivity index (χ1) is 8.36. The Labute approximate surface area is 121 Å². The monoisotopic (exact) mass is 322 g/mol. The molecule has 0 radical (unpaired) electrons. The fourth-order valence-corrected chi connectivity index (χ4v) is 2.08. The Morgan fingerprint density at radius 1 is 1.17 bits per heavy atom. The summed E-state index contributed by atoms with van der Waals surface area (Å²) >= 11 is 8.67. The second-order valence-corrected chi connectivity index (χ2v) is 6.57. The number of hydrogen-bond acceptors (Lipinski definition) is 2. The van der Waals surface area contributed by atoms with E-state index < -0.39 is 0 Å². The number of H-pyrrole nitrogens is 1. The van der Waals surface area contributed by atoms with Gasteiger partial charge in [-0.05, 0) is 18.2 Å². The number of hydrogen-bond donors (Lipinski definition) is 1. The van der Waals surface area contributed by atoms with Gasteiger partial charge in [-0.1, -0.05) is 61.1 Å². The highest BCUT2D eigenvalue weighted by molar-refractivity contribution is 9.10. The van der Waals surface area contributed by atoms with Crippen LogP contribution in [-0.2, 0) is 5.41 Å². The normalized spacial score (nSPS) is 11.6. The third kappa shape index (κ3) is 3.06. The lowest BCUT2D eigenvalue weighted by molar-refractivity contribution is 0.567. The highest BCUT2D eigenvalue weighted by Crippen LogP contribution is 2.24. The summed E-state index contributed by atoms with van der Waals surface area (Å²) in [7, 11) is 0. The average molecular weight is 323 g/mol. The minimum atomic E-state index is 0.0284. The molecule has 0 unspecified atom stereocenters. The third-order valence-corrected chi connectivity index (χ3v) is 3.41. The van der Waals surface area contributed by atoms with Gasteiger partial charge in [-0.15, -0.1) is 0 Å². The minimum absolute atomic E-state index is 0.0284. The Balaban J connectivity index is 2.55. The van der Waals surface area contributed by atoms with Gasteiger partial charge in [0.2, 0.25) is 0 Å². The minimum Gasteiger partial charge on any atom is -0.343 e. The Hall–Kier alpha value is -1.00.